The second-order valence-electron chi connectivity index (χ2n) is 7.79. The van der Waals surface area contributed by atoms with Crippen LogP contribution in [0.5, 0.6) is 0 Å². The second-order valence-corrected chi connectivity index (χ2v) is 7.79. The number of nitrogens with one attached hydrogen (secondary N) is 1. The number of fused-ring (bicyclic) bond motifs is 1. The lowest BCUT2D eigenvalue weighted by atomic mass is 9.49. The van der Waals surface area contributed by atoms with Crippen LogP contribution in [0.15, 0.2) is 48.5 Å². The zero-order valence-corrected chi connectivity index (χ0v) is 16.7. The SMILES string of the molecule is COC(=O)C1(NC(C)=O)CC2(COC(C)=O)c3ccccc3C1c1ccccc12. The van der Waals surface area contributed by atoms with Crippen LogP contribution in [0, 0.1) is 0 Å². The fourth-order valence-corrected chi connectivity index (χ4v) is 5.27. The van der Waals surface area contributed by atoms with E-state index in [0.29, 0.717) is 0 Å². The van der Waals surface area contributed by atoms with Crippen molar-refractivity contribution in [2.24, 2.45) is 0 Å². The van der Waals surface area contributed by atoms with Gasteiger partial charge in [-0.2, -0.15) is 0 Å². The van der Waals surface area contributed by atoms with Crippen LogP contribution in [0.2, 0.25) is 0 Å². The number of carbonyl (C=O) groups is 3. The Kier molecular flexibility index (Phi) is 4.45. The highest BCUT2D eigenvalue weighted by Crippen LogP contribution is 2.60. The zero-order chi connectivity index (χ0) is 20.8. The summed E-state index contributed by atoms with van der Waals surface area (Å²) in [5.74, 6) is -1.62. The van der Waals surface area contributed by atoms with E-state index in [-0.39, 0.29) is 18.9 Å². The monoisotopic (exact) mass is 393 g/mol. The minimum absolute atomic E-state index is 0.0708. The Morgan fingerprint density at radius 1 is 1.00 bits per heavy atom. The predicted molar refractivity (Wildman–Crippen MR) is 105 cm³/mol. The predicted octanol–water partition coefficient (Wildman–Crippen LogP) is 2.43. The highest BCUT2D eigenvalue weighted by atomic mass is 16.5. The quantitative estimate of drug-likeness (QED) is 0.807. The van der Waals surface area contributed by atoms with Gasteiger partial charge in [0.05, 0.1) is 12.5 Å². The van der Waals surface area contributed by atoms with Crippen LogP contribution in [-0.2, 0) is 29.3 Å². The molecular weight excluding hydrogens is 370 g/mol. The second kappa shape index (κ2) is 6.72. The zero-order valence-electron chi connectivity index (χ0n) is 16.7. The van der Waals surface area contributed by atoms with Crippen molar-refractivity contribution in [3.05, 3.63) is 70.8 Å². The molecule has 1 amide bonds. The molecule has 2 bridgehead atoms. The van der Waals surface area contributed by atoms with Crippen molar-refractivity contribution in [3.63, 3.8) is 0 Å². The Morgan fingerprint density at radius 2 is 1.55 bits per heavy atom. The molecule has 2 aromatic carbocycles. The van der Waals surface area contributed by atoms with Gasteiger partial charge >= 0.3 is 11.9 Å². The first-order valence-corrected chi connectivity index (χ1v) is 9.55. The third-order valence-corrected chi connectivity index (χ3v) is 6.12. The van der Waals surface area contributed by atoms with Gasteiger partial charge in [-0.3, -0.25) is 9.59 Å². The van der Waals surface area contributed by atoms with Crippen LogP contribution < -0.4 is 5.32 Å². The maximum Gasteiger partial charge on any atom is 0.332 e. The first-order valence-electron chi connectivity index (χ1n) is 9.55. The molecule has 6 heteroatoms. The van der Waals surface area contributed by atoms with E-state index in [1.165, 1.54) is 21.0 Å². The van der Waals surface area contributed by atoms with E-state index in [1.54, 1.807) is 0 Å². The Bertz CT molecular complexity index is 966. The molecule has 5 rings (SSSR count). The minimum atomic E-state index is -1.29. The van der Waals surface area contributed by atoms with Gasteiger partial charge in [-0.1, -0.05) is 48.5 Å². The van der Waals surface area contributed by atoms with Crippen molar-refractivity contribution in [1.29, 1.82) is 0 Å². The molecular formula is C23H23NO5. The number of ether oxygens (including phenoxy) is 2. The number of hydrogen-bond donors (Lipinski definition) is 1. The first-order chi connectivity index (χ1) is 13.9. The van der Waals surface area contributed by atoms with Crippen LogP contribution in [0.25, 0.3) is 0 Å². The highest BCUT2D eigenvalue weighted by molar-refractivity contribution is 5.91. The van der Waals surface area contributed by atoms with E-state index in [2.05, 4.69) is 5.32 Å². The minimum Gasteiger partial charge on any atom is -0.467 e. The smallest absolute Gasteiger partial charge is 0.332 e. The molecule has 3 aliphatic carbocycles. The van der Waals surface area contributed by atoms with Crippen molar-refractivity contribution < 1.29 is 23.9 Å². The molecule has 0 saturated heterocycles. The molecule has 0 heterocycles. The van der Waals surface area contributed by atoms with Gasteiger partial charge in [-0.05, 0) is 28.7 Å². The maximum absolute atomic E-state index is 13.2. The number of benzene rings is 2. The summed E-state index contributed by atoms with van der Waals surface area (Å²) in [7, 11) is 1.32. The van der Waals surface area contributed by atoms with Crippen LogP contribution >= 0.6 is 0 Å². The first kappa shape index (κ1) is 19.2. The van der Waals surface area contributed by atoms with E-state index in [0.717, 1.165) is 22.3 Å². The number of rotatable bonds is 4. The average molecular weight is 393 g/mol. The summed E-state index contributed by atoms with van der Waals surface area (Å²) >= 11 is 0. The standard InChI is InChI=1S/C23H23NO5/c1-14(25)24-23(21(27)28-3)12-22(13-29-15(2)26)18-10-6-4-8-16(18)20(23)17-9-5-7-11-19(17)22/h4-11,20H,12-13H2,1-3H3,(H,24,25). The van der Waals surface area contributed by atoms with Crippen molar-refractivity contribution in [2.45, 2.75) is 37.1 Å². The molecule has 29 heavy (non-hydrogen) atoms. The molecule has 0 fully saturated rings. The molecule has 6 nitrogen and oxygen atoms in total. The highest BCUT2D eigenvalue weighted by Gasteiger charge is 2.64. The van der Waals surface area contributed by atoms with Crippen molar-refractivity contribution in [3.8, 4) is 0 Å². The van der Waals surface area contributed by atoms with Gasteiger partial charge < -0.3 is 14.8 Å². The lowest BCUT2D eigenvalue weighted by Crippen LogP contribution is -2.67. The van der Waals surface area contributed by atoms with Gasteiger partial charge in [0.2, 0.25) is 5.91 Å². The van der Waals surface area contributed by atoms with E-state index in [9.17, 15) is 14.4 Å². The number of esters is 2. The van der Waals surface area contributed by atoms with Crippen molar-refractivity contribution in [1.82, 2.24) is 5.32 Å². The summed E-state index contributed by atoms with van der Waals surface area (Å²) in [6.45, 7) is 2.83. The summed E-state index contributed by atoms with van der Waals surface area (Å²) in [6.07, 6.45) is 0.248. The average Bonchev–Trinajstić information content (AvgIpc) is 2.71. The molecule has 0 radical (unpaired) electrons. The Balaban J connectivity index is 2.05. The van der Waals surface area contributed by atoms with E-state index >= 15 is 0 Å². The normalized spacial score (nSPS) is 26.1. The van der Waals surface area contributed by atoms with Gasteiger partial charge in [0.15, 0.2) is 0 Å². The summed E-state index contributed by atoms with van der Waals surface area (Å²) in [5, 5.41) is 2.92. The van der Waals surface area contributed by atoms with Crippen LogP contribution in [-0.4, -0.2) is 37.1 Å². The Labute approximate surface area is 169 Å². The third kappa shape index (κ3) is 2.66. The van der Waals surface area contributed by atoms with Crippen LogP contribution in [0.3, 0.4) is 0 Å². The lowest BCUT2D eigenvalue weighted by molar-refractivity contribution is -0.154. The fraction of sp³-hybridized carbons (Fsp3) is 0.348. The van der Waals surface area contributed by atoms with E-state index in [1.807, 2.05) is 48.5 Å². The molecule has 0 aromatic heterocycles. The van der Waals surface area contributed by atoms with Gasteiger partial charge in [0, 0.05) is 19.8 Å². The summed E-state index contributed by atoms with van der Waals surface area (Å²) in [6, 6.07) is 15.7. The number of methoxy groups -OCH3 is 1. The fourth-order valence-electron chi connectivity index (χ4n) is 5.27. The molecule has 2 aromatic rings. The topological polar surface area (TPSA) is 81.7 Å². The Morgan fingerprint density at radius 3 is 2.03 bits per heavy atom. The van der Waals surface area contributed by atoms with Crippen molar-refractivity contribution in [2.75, 3.05) is 13.7 Å². The van der Waals surface area contributed by atoms with E-state index in [4.69, 9.17) is 9.47 Å². The molecule has 3 aliphatic rings. The molecule has 0 saturated carbocycles. The van der Waals surface area contributed by atoms with Crippen LogP contribution in [0.1, 0.15) is 48.4 Å². The Hall–Kier alpha value is -3.15. The summed E-state index contributed by atoms with van der Waals surface area (Å²) in [4.78, 5) is 37.1. The summed E-state index contributed by atoms with van der Waals surface area (Å²) in [5.41, 5.74) is 1.82. The number of amides is 1. The van der Waals surface area contributed by atoms with Gasteiger partial charge in [0.25, 0.3) is 0 Å². The molecule has 150 valence electrons. The van der Waals surface area contributed by atoms with E-state index < -0.39 is 28.8 Å². The van der Waals surface area contributed by atoms with Gasteiger partial charge in [0.1, 0.15) is 12.1 Å². The van der Waals surface area contributed by atoms with Crippen molar-refractivity contribution >= 4 is 17.8 Å². The maximum atomic E-state index is 13.2. The van der Waals surface area contributed by atoms with Gasteiger partial charge in [-0.15, -0.1) is 0 Å². The largest absolute Gasteiger partial charge is 0.467 e. The molecule has 0 aliphatic heterocycles. The number of carbonyl (C=O) groups excluding carboxylic acids is 3. The molecule has 0 spiro atoms. The lowest BCUT2D eigenvalue weighted by Gasteiger charge is -2.57. The van der Waals surface area contributed by atoms with Gasteiger partial charge in [-0.25, -0.2) is 4.79 Å². The summed E-state index contributed by atoms with van der Waals surface area (Å²) < 4.78 is 10.7. The van der Waals surface area contributed by atoms with Crippen LogP contribution in [0.4, 0.5) is 0 Å². The molecule has 1 atom stereocenters. The molecule has 1 unspecified atom stereocenters. The third-order valence-electron chi connectivity index (χ3n) is 6.12. The number of hydrogen-bond acceptors (Lipinski definition) is 5. The molecule has 1 N–H and O–H groups in total.